The Kier molecular flexibility index (Phi) is 3.51. The van der Waals surface area contributed by atoms with Gasteiger partial charge in [0.2, 0.25) is 0 Å². The molecule has 1 atom stereocenters. The van der Waals surface area contributed by atoms with E-state index in [1.807, 2.05) is 36.7 Å². The van der Waals surface area contributed by atoms with E-state index >= 15 is 0 Å². The topological polar surface area (TPSA) is 37.8 Å². The lowest BCUT2D eigenvalue weighted by Crippen LogP contribution is -2.10. The zero-order valence-corrected chi connectivity index (χ0v) is 10.3. The monoisotopic (exact) mass is 233 g/mol. The van der Waals surface area contributed by atoms with E-state index in [1.54, 1.807) is 11.3 Å². The minimum atomic E-state index is 0.419. The fourth-order valence-electron chi connectivity index (χ4n) is 1.46. The van der Waals surface area contributed by atoms with Gasteiger partial charge in [0, 0.05) is 29.7 Å². The first-order valence-corrected chi connectivity index (χ1v) is 6.20. The highest BCUT2D eigenvalue weighted by Gasteiger charge is 2.07. The van der Waals surface area contributed by atoms with E-state index in [2.05, 4.69) is 22.2 Å². The van der Waals surface area contributed by atoms with E-state index in [-0.39, 0.29) is 0 Å². The number of hydrogen-bond donors (Lipinski definition) is 1. The molecule has 0 radical (unpaired) electrons. The second-order valence-electron chi connectivity index (χ2n) is 3.82. The zero-order chi connectivity index (χ0) is 11.4. The van der Waals surface area contributed by atoms with Crippen LogP contribution in [0.2, 0.25) is 0 Å². The summed E-state index contributed by atoms with van der Waals surface area (Å²) >= 11 is 1.70. The molecule has 2 heterocycles. The van der Waals surface area contributed by atoms with Crippen molar-refractivity contribution in [2.24, 2.45) is 0 Å². The van der Waals surface area contributed by atoms with Crippen molar-refractivity contribution < 1.29 is 0 Å². The van der Waals surface area contributed by atoms with Crippen molar-refractivity contribution in [2.75, 3.05) is 11.9 Å². The average Bonchev–Trinajstić information content (AvgIpc) is 2.79. The minimum Gasteiger partial charge on any atom is -0.369 e. The molecule has 1 N–H and O–H groups in total. The molecule has 0 spiro atoms. The molecular formula is C12H15N3S. The van der Waals surface area contributed by atoms with Gasteiger partial charge >= 0.3 is 0 Å². The number of nitrogens with one attached hydrogen (secondary N) is 1. The summed E-state index contributed by atoms with van der Waals surface area (Å²) in [4.78, 5) is 8.70. The Labute approximate surface area is 99.6 Å². The van der Waals surface area contributed by atoms with Crippen molar-refractivity contribution in [3.63, 3.8) is 0 Å². The van der Waals surface area contributed by atoms with Crippen molar-refractivity contribution >= 4 is 17.2 Å². The summed E-state index contributed by atoms with van der Waals surface area (Å²) in [6.07, 6.45) is 1.85. The van der Waals surface area contributed by atoms with Crippen molar-refractivity contribution in [2.45, 2.75) is 19.8 Å². The van der Waals surface area contributed by atoms with Gasteiger partial charge in [0.25, 0.3) is 0 Å². The van der Waals surface area contributed by atoms with Gasteiger partial charge in [0.1, 0.15) is 5.82 Å². The van der Waals surface area contributed by atoms with Gasteiger partial charge in [-0.15, -0.1) is 11.3 Å². The van der Waals surface area contributed by atoms with Gasteiger partial charge in [-0.05, 0) is 19.1 Å². The molecule has 2 aromatic heterocycles. The Morgan fingerprint density at radius 3 is 3.00 bits per heavy atom. The number of anilines is 1. The fraction of sp³-hybridized carbons (Fsp3) is 0.333. The normalized spacial score (nSPS) is 12.4. The Morgan fingerprint density at radius 2 is 2.31 bits per heavy atom. The number of rotatable bonds is 4. The number of aryl methyl sites for hydroxylation is 1. The molecule has 0 aliphatic heterocycles. The number of hydrogen-bond acceptors (Lipinski definition) is 4. The first-order valence-electron chi connectivity index (χ1n) is 5.32. The van der Waals surface area contributed by atoms with Crippen LogP contribution in [0.3, 0.4) is 0 Å². The predicted molar refractivity (Wildman–Crippen MR) is 68.0 cm³/mol. The van der Waals surface area contributed by atoms with Gasteiger partial charge in [-0.2, -0.15) is 0 Å². The molecule has 1 unspecified atom stereocenters. The van der Waals surface area contributed by atoms with E-state index in [0.29, 0.717) is 5.92 Å². The van der Waals surface area contributed by atoms with Crippen molar-refractivity contribution in [3.05, 3.63) is 40.5 Å². The third-order valence-electron chi connectivity index (χ3n) is 2.35. The molecule has 0 saturated carbocycles. The first kappa shape index (κ1) is 11.1. The van der Waals surface area contributed by atoms with Crippen LogP contribution >= 0.6 is 11.3 Å². The average molecular weight is 233 g/mol. The Hall–Kier alpha value is -1.42. The van der Waals surface area contributed by atoms with Crippen LogP contribution in [0, 0.1) is 6.92 Å². The molecule has 16 heavy (non-hydrogen) atoms. The summed E-state index contributed by atoms with van der Waals surface area (Å²) in [6.45, 7) is 5.03. The van der Waals surface area contributed by atoms with Crippen LogP contribution in [-0.2, 0) is 0 Å². The maximum Gasteiger partial charge on any atom is 0.126 e. The molecule has 2 rings (SSSR count). The Morgan fingerprint density at radius 1 is 1.44 bits per heavy atom. The number of nitrogens with zero attached hydrogens (tertiary/aromatic N) is 2. The smallest absolute Gasteiger partial charge is 0.126 e. The van der Waals surface area contributed by atoms with Crippen LogP contribution in [0.5, 0.6) is 0 Å². The molecular weight excluding hydrogens is 218 g/mol. The highest BCUT2D eigenvalue weighted by Crippen LogP contribution is 2.17. The van der Waals surface area contributed by atoms with Gasteiger partial charge in [0.15, 0.2) is 0 Å². The lowest BCUT2D eigenvalue weighted by Gasteiger charge is -2.10. The summed E-state index contributed by atoms with van der Waals surface area (Å²) in [5, 5.41) is 6.51. The maximum absolute atomic E-state index is 4.40. The Balaban J connectivity index is 1.92. The molecule has 4 heteroatoms. The molecule has 0 aliphatic carbocycles. The molecule has 3 nitrogen and oxygen atoms in total. The highest BCUT2D eigenvalue weighted by molar-refractivity contribution is 7.09. The van der Waals surface area contributed by atoms with Gasteiger partial charge < -0.3 is 5.32 Å². The van der Waals surface area contributed by atoms with Crippen molar-refractivity contribution in [3.8, 4) is 0 Å². The standard InChI is InChI=1S/C12H15N3S/c1-9(12-13-6-7-16-12)8-14-11-5-3-4-10(2)15-11/h3-7,9H,8H2,1-2H3,(H,14,15). The molecule has 0 bridgehead atoms. The van der Waals surface area contributed by atoms with Crippen molar-refractivity contribution in [1.82, 2.24) is 9.97 Å². The third-order valence-corrected chi connectivity index (χ3v) is 3.36. The second-order valence-corrected chi connectivity index (χ2v) is 4.74. The minimum absolute atomic E-state index is 0.419. The highest BCUT2D eigenvalue weighted by atomic mass is 32.1. The quantitative estimate of drug-likeness (QED) is 0.882. The second kappa shape index (κ2) is 5.07. The molecule has 0 aromatic carbocycles. The summed E-state index contributed by atoms with van der Waals surface area (Å²) in [6, 6.07) is 6.00. The summed E-state index contributed by atoms with van der Waals surface area (Å²) in [5.74, 6) is 1.35. The fourth-order valence-corrected chi connectivity index (χ4v) is 2.16. The summed E-state index contributed by atoms with van der Waals surface area (Å²) in [5.41, 5.74) is 1.03. The van der Waals surface area contributed by atoms with E-state index < -0.39 is 0 Å². The lowest BCUT2D eigenvalue weighted by atomic mass is 10.2. The van der Waals surface area contributed by atoms with Crippen LogP contribution in [-0.4, -0.2) is 16.5 Å². The molecule has 0 amide bonds. The molecule has 2 aromatic rings. The number of aromatic nitrogens is 2. The summed E-state index contributed by atoms with van der Waals surface area (Å²) < 4.78 is 0. The zero-order valence-electron chi connectivity index (χ0n) is 9.47. The molecule has 84 valence electrons. The summed E-state index contributed by atoms with van der Waals surface area (Å²) in [7, 11) is 0. The molecule has 0 fully saturated rings. The van der Waals surface area contributed by atoms with Crippen LogP contribution < -0.4 is 5.32 Å². The number of pyridine rings is 1. The van der Waals surface area contributed by atoms with E-state index in [1.165, 1.54) is 5.01 Å². The van der Waals surface area contributed by atoms with E-state index in [0.717, 1.165) is 18.1 Å². The van der Waals surface area contributed by atoms with Gasteiger partial charge in [-0.1, -0.05) is 13.0 Å². The van der Waals surface area contributed by atoms with Crippen molar-refractivity contribution in [1.29, 1.82) is 0 Å². The van der Waals surface area contributed by atoms with Crippen LogP contribution in [0.15, 0.2) is 29.8 Å². The maximum atomic E-state index is 4.40. The largest absolute Gasteiger partial charge is 0.369 e. The predicted octanol–water partition coefficient (Wildman–Crippen LogP) is 3.06. The van der Waals surface area contributed by atoms with Crippen LogP contribution in [0.1, 0.15) is 23.5 Å². The third kappa shape index (κ3) is 2.79. The van der Waals surface area contributed by atoms with Crippen LogP contribution in [0.25, 0.3) is 0 Å². The first-order chi connectivity index (χ1) is 7.75. The van der Waals surface area contributed by atoms with Gasteiger partial charge in [-0.25, -0.2) is 9.97 Å². The van der Waals surface area contributed by atoms with E-state index in [9.17, 15) is 0 Å². The van der Waals surface area contributed by atoms with E-state index in [4.69, 9.17) is 0 Å². The van der Waals surface area contributed by atoms with Gasteiger partial charge in [0.05, 0.1) is 5.01 Å². The number of thiazole rings is 1. The lowest BCUT2D eigenvalue weighted by molar-refractivity contribution is 0.791. The molecule has 0 aliphatic rings. The van der Waals surface area contributed by atoms with Crippen LogP contribution in [0.4, 0.5) is 5.82 Å². The SMILES string of the molecule is Cc1cccc(NCC(C)c2nccs2)n1. The Bertz CT molecular complexity index is 439. The molecule has 0 saturated heterocycles. The van der Waals surface area contributed by atoms with Gasteiger partial charge in [-0.3, -0.25) is 0 Å².